The standard InChI is InChI=1S/C21H24N2O/c1-16(2)20(19-6-4-3-5-7-19)15-23-21(24)13-12-17-8-10-18(14-22)11-9-17/h3-11,16,20H,12-13,15H2,1-2H3,(H,23,24). The van der Waals surface area contributed by atoms with Gasteiger partial charge in [-0.05, 0) is 35.6 Å². The van der Waals surface area contributed by atoms with Crippen molar-refractivity contribution in [3.05, 3.63) is 71.3 Å². The Balaban J connectivity index is 1.84. The van der Waals surface area contributed by atoms with Crippen LogP contribution in [0.1, 0.15) is 42.9 Å². The highest BCUT2D eigenvalue weighted by atomic mass is 16.1. The first-order valence-corrected chi connectivity index (χ1v) is 8.41. The number of carbonyl (C=O) groups is 1. The molecule has 124 valence electrons. The largest absolute Gasteiger partial charge is 0.355 e. The monoisotopic (exact) mass is 320 g/mol. The summed E-state index contributed by atoms with van der Waals surface area (Å²) in [6.45, 7) is 5.02. The molecule has 0 fully saturated rings. The van der Waals surface area contributed by atoms with Crippen molar-refractivity contribution in [2.45, 2.75) is 32.6 Å². The first-order valence-electron chi connectivity index (χ1n) is 8.41. The number of aryl methyl sites for hydroxylation is 1. The molecule has 3 nitrogen and oxygen atoms in total. The first kappa shape index (κ1) is 17.7. The number of amides is 1. The number of hydrogen-bond donors (Lipinski definition) is 1. The zero-order chi connectivity index (χ0) is 17.4. The van der Waals surface area contributed by atoms with E-state index >= 15 is 0 Å². The highest BCUT2D eigenvalue weighted by Gasteiger charge is 2.16. The second kappa shape index (κ2) is 8.88. The smallest absolute Gasteiger partial charge is 0.220 e. The van der Waals surface area contributed by atoms with Crippen LogP contribution in [0.5, 0.6) is 0 Å². The molecule has 1 atom stereocenters. The molecule has 0 bridgehead atoms. The Hall–Kier alpha value is -2.60. The average Bonchev–Trinajstić information content (AvgIpc) is 2.61. The lowest BCUT2D eigenvalue weighted by molar-refractivity contribution is -0.121. The number of nitrogens with zero attached hydrogens (tertiary/aromatic N) is 1. The van der Waals surface area contributed by atoms with E-state index in [0.717, 1.165) is 5.56 Å². The molecule has 0 saturated carbocycles. The van der Waals surface area contributed by atoms with E-state index in [4.69, 9.17) is 5.26 Å². The molecule has 0 aromatic heterocycles. The number of hydrogen-bond acceptors (Lipinski definition) is 2. The van der Waals surface area contributed by atoms with E-state index in [1.165, 1.54) is 5.56 Å². The third-order valence-corrected chi connectivity index (χ3v) is 4.28. The van der Waals surface area contributed by atoms with Crippen LogP contribution in [0.3, 0.4) is 0 Å². The second-order valence-electron chi connectivity index (χ2n) is 6.37. The lowest BCUT2D eigenvalue weighted by atomic mass is 9.88. The zero-order valence-corrected chi connectivity index (χ0v) is 14.3. The maximum absolute atomic E-state index is 12.1. The Labute approximate surface area is 144 Å². The summed E-state index contributed by atoms with van der Waals surface area (Å²) < 4.78 is 0. The molecule has 0 spiro atoms. The van der Waals surface area contributed by atoms with Gasteiger partial charge in [0.25, 0.3) is 0 Å². The fraction of sp³-hybridized carbons (Fsp3) is 0.333. The van der Waals surface area contributed by atoms with E-state index in [0.29, 0.717) is 36.8 Å². The minimum absolute atomic E-state index is 0.0703. The summed E-state index contributed by atoms with van der Waals surface area (Å²) in [6.07, 6.45) is 1.15. The molecule has 0 radical (unpaired) electrons. The van der Waals surface area contributed by atoms with E-state index in [2.05, 4.69) is 37.4 Å². The van der Waals surface area contributed by atoms with Gasteiger partial charge in [-0.3, -0.25) is 4.79 Å². The molecule has 1 unspecified atom stereocenters. The minimum atomic E-state index is 0.0703. The summed E-state index contributed by atoms with van der Waals surface area (Å²) in [6, 6.07) is 19.8. The van der Waals surface area contributed by atoms with Crippen molar-refractivity contribution >= 4 is 5.91 Å². The lowest BCUT2D eigenvalue weighted by Crippen LogP contribution is -2.30. The maximum atomic E-state index is 12.1. The van der Waals surface area contributed by atoms with Crippen molar-refractivity contribution in [2.24, 2.45) is 5.92 Å². The number of nitriles is 1. The van der Waals surface area contributed by atoms with Gasteiger partial charge < -0.3 is 5.32 Å². The van der Waals surface area contributed by atoms with Gasteiger partial charge in [0, 0.05) is 18.9 Å². The van der Waals surface area contributed by atoms with Gasteiger partial charge >= 0.3 is 0 Å². The van der Waals surface area contributed by atoms with Gasteiger partial charge in [0.2, 0.25) is 5.91 Å². The molecule has 0 aliphatic heterocycles. The fourth-order valence-corrected chi connectivity index (χ4v) is 2.75. The molecule has 2 aromatic carbocycles. The van der Waals surface area contributed by atoms with Crippen LogP contribution >= 0.6 is 0 Å². The number of nitrogens with one attached hydrogen (secondary N) is 1. The Kier molecular flexibility index (Phi) is 6.57. The van der Waals surface area contributed by atoms with Crippen LogP contribution in [0.4, 0.5) is 0 Å². The van der Waals surface area contributed by atoms with Crippen LogP contribution in [0.15, 0.2) is 54.6 Å². The van der Waals surface area contributed by atoms with Crippen molar-refractivity contribution in [2.75, 3.05) is 6.54 Å². The molecule has 2 rings (SSSR count). The van der Waals surface area contributed by atoms with Gasteiger partial charge in [0.1, 0.15) is 0 Å². The van der Waals surface area contributed by atoms with Gasteiger partial charge in [-0.15, -0.1) is 0 Å². The van der Waals surface area contributed by atoms with E-state index in [9.17, 15) is 4.79 Å². The predicted octanol–water partition coefficient (Wildman–Crippen LogP) is 4.05. The van der Waals surface area contributed by atoms with Crippen LogP contribution in [-0.2, 0) is 11.2 Å². The molecule has 24 heavy (non-hydrogen) atoms. The van der Waals surface area contributed by atoms with Crippen LogP contribution in [0, 0.1) is 17.2 Å². The summed E-state index contributed by atoms with van der Waals surface area (Å²) in [4.78, 5) is 12.1. The summed E-state index contributed by atoms with van der Waals surface area (Å²) in [7, 11) is 0. The van der Waals surface area contributed by atoms with E-state index in [1.54, 1.807) is 12.1 Å². The molecule has 0 aliphatic rings. The molecule has 0 saturated heterocycles. The molecular formula is C21H24N2O. The third kappa shape index (κ3) is 5.24. The summed E-state index contributed by atoms with van der Waals surface area (Å²) >= 11 is 0. The summed E-state index contributed by atoms with van der Waals surface area (Å²) in [5.41, 5.74) is 2.98. The Morgan fingerprint density at radius 2 is 1.75 bits per heavy atom. The van der Waals surface area contributed by atoms with Gasteiger partial charge in [0.05, 0.1) is 11.6 Å². The van der Waals surface area contributed by atoms with Crippen molar-refractivity contribution in [3.8, 4) is 6.07 Å². The Morgan fingerprint density at radius 1 is 1.08 bits per heavy atom. The maximum Gasteiger partial charge on any atom is 0.220 e. The Morgan fingerprint density at radius 3 is 2.33 bits per heavy atom. The van der Waals surface area contributed by atoms with Crippen LogP contribution < -0.4 is 5.32 Å². The first-order chi connectivity index (χ1) is 11.6. The predicted molar refractivity (Wildman–Crippen MR) is 96.5 cm³/mol. The number of rotatable bonds is 7. The van der Waals surface area contributed by atoms with Crippen LogP contribution in [-0.4, -0.2) is 12.5 Å². The number of carbonyl (C=O) groups excluding carboxylic acids is 1. The summed E-state index contributed by atoms with van der Waals surface area (Å²) in [5.74, 6) is 0.859. The third-order valence-electron chi connectivity index (χ3n) is 4.28. The molecular weight excluding hydrogens is 296 g/mol. The van der Waals surface area contributed by atoms with Crippen molar-refractivity contribution in [1.82, 2.24) is 5.32 Å². The topological polar surface area (TPSA) is 52.9 Å². The molecule has 0 heterocycles. The van der Waals surface area contributed by atoms with Crippen LogP contribution in [0.2, 0.25) is 0 Å². The lowest BCUT2D eigenvalue weighted by Gasteiger charge is -2.22. The molecule has 0 aliphatic carbocycles. The van der Waals surface area contributed by atoms with Gasteiger partial charge in [-0.25, -0.2) is 0 Å². The van der Waals surface area contributed by atoms with E-state index in [1.807, 2.05) is 30.3 Å². The van der Waals surface area contributed by atoms with Gasteiger partial charge in [0.15, 0.2) is 0 Å². The fourth-order valence-electron chi connectivity index (χ4n) is 2.75. The van der Waals surface area contributed by atoms with Crippen molar-refractivity contribution in [3.63, 3.8) is 0 Å². The van der Waals surface area contributed by atoms with Crippen molar-refractivity contribution < 1.29 is 4.79 Å². The average molecular weight is 320 g/mol. The number of benzene rings is 2. The molecule has 1 N–H and O–H groups in total. The normalized spacial score (nSPS) is 11.8. The van der Waals surface area contributed by atoms with E-state index < -0.39 is 0 Å². The SMILES string of the molecule is CC(C)C(CNC(=O)CCc1ccc(C#N)cc1)c1ccccc1. The molecule has 1 amide bonds. The van der Waals surface area contributed by atoms with Gasteiger partial charge in [-0.2, -0.15) is 5.26 Å². The minimum Gasteiger partial charge on any atom is -0.355 e. The highest BCUT2D eigenvalue weighted by Crippen LogP contribution is 2.23. The summed E-state index contributed by atoms with van der Waals surface area (Å²) in [5, 5.41) is 11.9. The quantitative estimate of drug-likeness (QED) is 0.837. The second-order valence-corrected chi connectivity index (χ2v) is 6.37. The molecule has 2 aromatic rings. The van der Waals surface area contributed by atoms with Crippen molar-refractivity contribution in [1.29, 1.82) is 5.26 Å². The van der Waals surface area contributed by atoms with E-state index in [-0.39, 0.29) is 5.91 Å². The molecule has 3 heteroatoms. The van der Waals surface area contributed by atoms with Gasteiger partial charge in [-0.1, -0.05) is 56.3 Å². The Bertz CT molecular complexity index is 684. The highest BCUT2D eigenvalue weighted by molar-refractivity contribution is 5.76. The van der Waals surface area contributed by atoms with Crippen LogP contribution in [0.25, 0.3) is 0 Å². The zero-order valence-electron chi connectivity index (χ0n) is 14.3.